The quantitative estimate of drug-likeness (QED) is 0.636. The summed E-state index contributed by atoms with van der Waals surface area (Å²) in [5.74, 6) is 0.422. The van der Waals surface area contributed by atoms with Crippen LogP contribution in [0.3, 0.4) is 0 Å². The Bertz CT molecular complexity index is 565. The average Bonchev–Trinajstić information content (AvgIpc) is 2.87. The zero-order valence-electron chi connectivity index (χ0n) is 10.5. The summed E-state index contributed by atoms with van der Waals surface area (Å²) in [6, 6.07) is 11.4. The summed E-state index contributed by atoms with van der Waals surface area (Å²) in [6.45, 7) is 2.13. The molecule has 0 fully saturated rings. The number of ether oxygens (including phenoxy) is 1. The maximum absolute atomic E-state index is 11.9. The van der Waals surface area contributed by atoms with Gasteiger partial charge >= 0.3 is 5.97 Å². The van der Waals surface area contributed by atoms with Crippen molar-refractivity contribution < 1.29 is 9.53 Å². The third-order valence-corrected chi connectivity index (χ3v) is 4.24. The number of thiophene rings is 1. The number of hydrogen-bond donors (Lipinski definition) is 0. The largest absolute Gasteiger partial charge is 0.426 e. The van der Waals surface area contributed by atoms with E-state index in [-0.39, 0.29) is 5.97 Å². The Morgan fingerprint density at radius 1 is 1.26 bits per heavy atom. The number of carbonyl (C=O) groups is 1. The van der Waals surface area contributed by atoms with Gasteiger partial charge in [-0.15, -0.1) is 11.3 Å². The number of para-hydroxylation sites is 1. The second kappa shape index (κ2) is 5.55. The van der Waals surface area contributed by atoms with Gasteiger partial charge < -0.3 is 4.74 Å². The molecule has 0 radical (unpaired) electrons. The van der Waals surface area contributed by atoms with Crippen LogP contribution in [-0.2, 0) is 17.8 Å². The predicted octanol–water partition coefficient (Wildman–Crippen LogP) is 2.71. The van der Waals surface area contributed by atoms with Crippen molar-refractivity contribution in [1.82, 2.24) is 4.90 Å². The molecule has 0 bridgehead atoms. The second-order valence-electron chi connectivity index (χ2n) is 4.62. The number of benzene rings is 1. The summed E-state index contributed by atoms with van der Waals surface area (Å²) in [4.78, 5) is 15.5. The van der Waals surface area contributed by atoms with E-state index in [1.165, 1.54) is 10.4 Å². The first-order chi connectivity index (χ1) is 9.31. The molecule has 0 unspecified atom stereocenters. The SMILES string of the molecule is O=C(CN1CCc2sccc2C1)Oc1ccccc1. The van der Waals surface area contributed by atoms with E-state index in [2.05, 4.69) is 16.3 Å². The minimum Gasteiger partial charge on any atom is -0.426 e. The van der Waals surface area contributed by atoms with Crippen molar-refractivity contribution >= 4 is 17.3 Å². The molecule has 1 aliphatic rings. The van der Waals surface area contributed by atoms with Gasteiger partial charge in [0.25, 0.3) is 0 Å². The van der Waals surface area contributed by atoms with Crippen LogP contribution in [0.4, 0.5) is 0 Å². The molecule has 2 heterocycles. The van der Waals surface area contributed by atoms with Gasteiger partial charge in [0.1, 0.15) is 5.75 Å². The average molecular weight is 273 g/mol. The van der Waals surface area contributed by atoms with Crippen LogP contribution in [-0.4, -0.2) is 24.0 Å². The molecule has 1 aliphatic heterocycles. The molecule has 0 saturated heterocycles. The number of fused-ring (bicyclic) bond motifs is 1. The Hall–Kier alpha value is -1.65. The number of esters is 1. The van der Waals surface area contributed by atoms with Crippen LogP contribution in [0.15, 0.2) is 41.8 Å². The lowest BCUT2D eigenvalue weighted by atomic mass is 10.1. The van der Waals surface area contributed by atoms with Crippen LogP contribution in [0.25, 0.3) is 0 Å². The highest BCUT2D eigenvalue weighted by atomic mass is 32.1. The lowest BCUT2D eigenvalue weighted by Crippen LogP contribution is -2.35. The van der Waals surface area contributed by atoms with E-state index in [1.807, 2.05) is 18.2 Å². The summed E-state index contributed by atoms with van der Waals surface area (Å²) in [5, 5.41) is 2.12. The molecule has 2 aromatic rings. The Balaban J connectivity index is 1.56. The molecule has 1 aromatic heterocycles. The van der Waals surface area contributed by atoms with Crippen LogP contribution in [0, 0.1) is 0 Å². The molecular formula is C15H15NO2S. The van der Waals surface area contributed by atoms with Crippen LogP contribution in [0.1, 0.15) is 10.4 Å². The van der Waals surface area contributed by atoms with E-state index in [0.717, 1.165) is 19.5 Å². The number of nitrogens with zero attached hydrogens (tertiary/aromatic N) is 1. The van der Waals surface area contributed by atoms with Gasteiger partial charge in [0.2, 0.25) is 0 Å². The van der Waals surface area contributed by atoms with Crippen molar-refractivity contribution in [2.75, 3.05) is 13.1 Å². The van der Waals surface area contributed by atoms with Crippen molar-refractivity contribution in [2.24, 2.45) is 0 Å². The highest BCUT2D eigenvalue weighted by molar-refractivity contribution is 7.10. The van der Waals surface area contributed by atoms with E-state index in [0.29, 0.717) is 12.3 Å². The van der Waals surface area contributed by atoms with Crippen LogP contribution < -0.4 is 4.74 Å². The summed E-state index contributed by atoms with van der Waals surface area (Å²) < 4.78 is 5.31. The monoisotopic (exact) mass is 273 g/mol. The molecule has 0 spiro atoms. The Labute approximate surface area is 116 Å². The Morgan fingerprint density at radius 2 is 2.11 bits per heavy atom. The fourth-order valence-corrected chi connectivity index (χ4v) is 3.17. The number of carbonyl (C=O) groups excluding carboxylic acids is 1. The van der Waals surface area contributed by atoms with Gasteiger partial charge in [0.15, 0.2) is 0 Å². The first kappa shape index (κ1) is 12.4. The van der Waals surface area contributed by atoms with Gasteiger partial charge in [-0.05, 0) is 35.6 Å². The summed E-state index contributed by atoms with van der Waals surface area (Å²) in [6.07, 6.45) is 1.03. The zero-order valence-corrected chi connectivity index (χ0v) is 11.4. The fraction of sp³-hybridized carbons (Fsp3) is 0.267. The molecule has 3 nitrogen and oxygen atoms in total. The summed E-state index contributed by atoms with van der Waals surface area (Å²) >= 11 is 1.81. The van der Waals surface area contributed by atoms with Crippen molar-refractivity contribution in [3.05, 3.63) is 52.2 Å². The van der Waals surface area contributed by atoms with Crippen molar-refractivity contribution in [3.8, 4) is 5.75 Å². The summed E-state index contributed by atoms with van der Waals surface area (Å²) in [5.41, 5.74) is 1.35. The van der Waals surface area contributed by atoms with Gasteiger partial charge in [0, 0.05) is 18.0 Å². The Morgan fingerprint density at radius 3 is 2.95 bits per heavy atom. The molecule has 0 aliphatic carbocycles. The highest BCUT2D eigenvalue weighted by Crippen LogP contribution is 2.23. The number of rotatable bonds is 3. The van der Waals surface area contributed by atoms with E-state index in [1.54, 1.807) is 23.5 Å². The van der Waals surface area contributed by atoms with Crippen LogP contribution in [0.5, 0.6) is 5.75 Å². The normalized spacial score (nSPS) is 14.9. The van der Waals surface area contributed by atoms with Gasteiger partial charge in [-0.25, -0.2) is 0 Å². The van der Waals surface area contributed by atoms with E-state index < -0.39 is 0 Å². The van der Waals surface area contributed by atoms with E-state index >= 15 is 0 Å². The molecule has 0 amide bonds. The standard InChI is InChI=1S/C15H15NO2S/c17-15(18-13-4-2-1-3-5-13)11-16-8-6-14-12(10-16)7-9-19-14/h1-5,7,9H,6,8,10-11H2. The van der Waals surface area contributed by atoms with Crippen LogP contribution >= 0.6 is 11.3 Å². The fourth-order valence-electron chi connectivity index (χ4n) is 2.28. The highest BCUT2D eigenvalue weighted by Gasteiger charge is 2.19. The van der Waals surface area contributed by atoms with E-state index in [9.17, 15) is 4.79 Å². The van der Waals surface area contributed by atoms with Crippen molar-refractivity contribution in [1.29, 1.82) is 0 Å². The topological polar surface area (TPSA) is 29.5 Å². The van der Waals surface area contributed by atoms with Crippen molar-refractivity contribution in [2.45, 2.75) is 13.0 Å². The smallest absolute Gasteiger partial charge is 0.325 e. The molecule has 98 valence electrons. The minimum atomic E-state index is -0.190. The third kappa shape index (κ3) is 3.03. The lowest BCUT2D eigenvalue weighted by molar-refractivity contribution is -0.135. The predicted molar refractivity (Wildman–Crippen MR) is 75.4 cm³/mol. The zero-order chi connectivity index (χ0) is 13.1. The summed E-state index contributed by atoms with van der Waals surface area (Å²) in [7, 11) is 0. The van der Waals surface area contributed by atoms with Crippen molar-refractivity contribution in [3.63, 3.8) is 0 Å². The molecule has 0 saturated carbocycles. The lowest BCUT2D eigenvalue weighted by Gasteiger charge is -2.25. The number of hydrogen-bond acceptors (Lipinski definition) is 4. The first-order valence-electron chi connectivity index (χ1n) is 6.34. The maximum atomic E-state index is 11.9. The molecule has 4 heteroatoms. The molecule has 3 rings (SSSR count). The third-order valence-electron chi connectivity index (χ3n) is 3.21. The van der Waals surface area contributed by atoms with Gasteiger partial charge in [0.05, 0.1) is 6.54 Å². The van der Waals surface area contributed by atoms with E-state index in [4.69, 9.17) is 4.74 Å². The van der Waals surface area contributed by atoms with Gasteiger partial charge in [-0.2, -0.15) is 0 Å². The molecule has 19 heavy (non-hydrogen) atoms. The Kier molecular flexibility index (Phi) is 3.62. The first-order valence-corrected chi connectivity index (χ1v) is 7.22. The van der Waals surface area contributed by atoms with Gasteiger partial charge in [-0.3, -0.25) is 9.69 Å². The van der Waals surface area contributed by atoms with Gasteiger partial charge in [-0.1, -0.05) is 18.2 Å². The molecular weight excluding hydrogens is 258 g/mol. The molecule has 0 N–H and O–H groups in total. The molecule has 1 aromatic carbocycles. The maximum Gasteiger partial charge on any atom is 0.325 e. The van der Waals surface area contributed by atoms with Crippen LogP contribution in [0.2, 0.25) is 0 Å². The minimum absolute atomic E-state index is 0.190. The molecule has 0 atom stereocenters. The second-order valence-corrected chi connectivity index (χ2v) is 5.62.